The van der Waals surface area contributed by atoms with Gasteiger partial charge in [0.05, 0.1) is 21.8 Å². The summed E-state index contributed by atoms with van der Waals surface area (Å²) in [6.45, 7) is 4.76. The van der Waals surface area contributed by atoms with Crippen molar-refractivity contribution in [3.63, 3.8) is 0 Å². The zero-order chi connectivity index (χ0) is 23.4. The first kappa shape index (κ1) is 22.7. The molecule has 1 unspecified atom stereocenters. The first-order chi connectivity index (χ1) is 16.0. The van der Waals surface area contributed by atoms with Crippen LogP contribution in [0.15, 0.2) is 88.8 Å². The van der Waals surface area contributed by atoms with Crippen LogP contribution in [0.25, 0.3) is 16.6 Å². The van der Waals surface area contributed by atoms with Crippen molar-refractivity contribution < 1.29 is 9.18 Å². The topological polar surface area (TPSA) is 55.2 Å². The van der Waals surface area contributed by atoms with E-state index in [-0.39, 0.29) is 22.3 Å². The van der Waals surface area contributed by atoms with Crippen molar-refractivity contribution in [2.45, 2.75) is 30.8 Å². The Labute approximate surface area is 195 Å². The van der Waals surface area contributed by atoms with Crippen LogP contribution in [0, 0.1) is 5.82 Å². The molecule has 0 saturated carbocycles. The first-order valence-corrected chi connectivity index (χ1v) is 11.6. The highest BCUT2D eigenvalue weighted by Gasteiger charge is 2.24. The average Bonchev–Trinajstić information content (AvgIpc) is 2.84. The van der Waals surface area contributed by atoms with Crippen molar-refractivity contribution in [1.29, 1.82) is 0 Å². The van der Waals surface area contributed by atoms with Gasteiger partial charge in [0, 0.05) is 13.1 Å². The zero-order valence-corrected chi connectivity index (χ0v) is 19.3. The normalized spacial score (nSPS) is 12.0. The maximum Gasteiger partial charge on any atom is 0.266 e. The molecule has 5 nitrogen and oxygen atoms in total. The van der Waals surface area contributed by atoms with Gasteiger partial charge in [-0.3, -0.25) is 14.2 Å². The fourth-order valence-electron chi connectivity index (χ4n) is 3.65. The number of benzene rings is 3. The van der Waals surface area contributed by atoms with E-state index in [1.165, 1.54) is 16.7 Å². The van der Waals surface area contributed by atoms with E-state index in [1.54, 1.807) is 48.2 Å². The van der Waals surface area contributed by atoms with Crippen LogP contribution in [-0.2, 0) is 11.3 Å². The van der Waals surface area contributed by atoms with Gasteiger partial charge in [-0.25, -0.2) is 9.37 Å². The lowest BCUT2D eigenvalue weighted by Crippen LogP contribution is -2.36. The number of para-hydroxylation sites is 2. The predicted octanol–water partition coefficient (Wildman–Crippen LogP) is 5.05. The van der Waals surface area contributed by atoms with Gasteiger partial charge < -0.3 is 4.90 Å². The van der Waals surface area contributed by atoms with Crippen LogP contribution in [0.3, 0.4) is 0 Å². The smallest absolute Gasteiger partial charge is 0.266 e. The van der Waals surface area contributed by atoms with Gasteiger partial charge in [0.2, 0.25) is 5.91 Å². The predicted molar refractivity (Wildman–Crippen MR) is 130 cm³/mol. The van der Waals surface area contributed by atoms with Crippen molar-refractivity contribution in [3.05, 3.63) is 101 Å². The highest BCUT2D eigenvalue weighted by atomic mass is 32.2. The number of hydrogen-bond donors (Lipinski definition) is 0. The number of halogens is 1. The Morgan fingerprint density at radius 3 is 2.42 bits per heavy atom. The second-order valence-electron chi connectivity index (χ2n) is 7.60. The van der Waals surface area contributed by atoms with Gasteiger partial charge in [0.25, 0.3) is 5.56 Å². The van der Waals surface area contributed by atoms with Crippen molar-refractivity contribution in [1.82, 2.24) is 14.5 Å². The molecule has 1 atom stereocenters. The number of carbonyl (C=O) groups excluding carboxylic acids is 1. The highest BCUT2D eigenvalue weighted by molar-refractivity contribution is 8.00. The molecule has 4 aromatic rings. The van der Waals surface area contributed by atoms with E-state index in [9.17, 15) is 14.0 Å². The van der Waals surface area contributed by atoms with E-state index in [0.717, 1.165) is 17.3 Å². The molecule has 0 aliphatic heterocycles. The van der Waals surface area contributed by atoms with E-state index >= 15 is 0 Å². The van der Waals surface area contributed by atoms with E-state index in [4.69, 9.17) is 0 Å². The van der Waals surface area contributed by atoms with E-state index < -0.39 is 11.1 Å². The number of amides is 1. The van der Waals surface area contributed by atoms with Gasteiger partial charge in [-0.1, -0.05) is 66.4 Å². The Kier molecular flexibility index (Phi) is 6.89. The fourth-order valence-corrected chi connectivity index (χ4v) is 4.66. The molecule has 7 heteroatoms. The van der Waals surface area contributed by atoms with Crippen LogP contribution in [0.1, 0.15) is 19.4 Å². The maximum absolute atomic E-state index is 14.7. The van der Waals surface area contributed by atoms with Gasteiger partial charge in [0.15, 0.2) is 5.16 Å². The Morgan fingerprint density at radius 1 is 1.03 bits per heavy atom. The Balaban J connectivity index is 1.71. The molecule has 0 radical (unpaired) electrons. The summed E-state index contributed by atoms with van der Waals surface area (Å²) < 4.78 is 15.9. The molecule has 0 saturated heterocycles. The number of nitrogens with zero attached hydrogens (tertiary/aromatic N) is 3. The molecule has 168 valence electrons. The summed E-state index contributed by atoms with van der Waals surface area (Å²) in [5.41, 5.74) is 1.29. The fraction of sp³-hybridized carbons (Fsp3) is 0.192. The summed E-state index contributed by atoms with van der Waals surface area (Å²) in [4.78, 5) is 33.0. The van der Waals surface area contributed by atoms with Gasteiger partial charge in [0.1, 0.15) is 5.82 Å². The lowest BCUT2D eigenvalue weighted by Gasteiger charge is -2.25. The second-order valence-corrected chi connectivity index (χ2v) is 8.91. The van der Waals surface area contributed by atoms with E-state index in [1.807, 2.05) is 37.3 Å². The maximum atomic E-state index is 14.7. The number of thioether (sulfide) groups is 1. The summed E-state index contributed by atoms with van der Waals surface area (Å²) in [6.07, 6.45) is 0. The molecule has 33 heavy (non-hydrogen) atoms. The number of fused-ring (bicyclic) bond motifs is 1. The third kappa shape index (κ3) is 4.83. The minimum Gasteiger partial charge on any atom is -0.338 e. The van der Waals surface area contributed by atoms with Crippen LogP contribution in [0.2, 0.25) is 0 Å². The van der Waals surface area contributed by atoms with Gasteiger partial charge in [-0.2, -0.15) is 0 Å². The van der Waals surface area contributed by atoms with Gasteiger partial charge in [-0.05, 0) is 43.7 Å². The van der Waals surface area contributed by atoms with E-state index in [2.05, 4.69) is 4.98 Å². The number of aromatic nitrogens is 2. The van der Waals surface area contributed by atoms with Crippen LogP contribution in [-0.4, -0.2) is 32.2 Å². The summed E-state index contributed by atoms with van der Waals surface area (Å²) >= 11 is 1.16. The summed E-state index contributed by atoms with van der Waals surface area (Å²) in [6, 6.07) is 22.8. The van der Waals surface area contributed by atoms with E-state index in [0.29, 0.717) is 24.0 Å². The minimum atomic E-state index is -0.531. The van der Waals surface area contributed by atoms with Crippen molar-refractivity contribution in [2.75, 3.05) is 6.54 Å². The van der Waals surface area contributed by atoms with Gasteiger partial charge >= 0.3 is 0 Å². The standard InChI is InChI=1S/C26H24FN3O2S/c1-3-29(17-19-11-5-4-6-12-19)24(31)18(2)33-26-28-22-15-9-7-13-20(22)25(32)30(26)23-16-10-8-14-21(23)27/h4-16,18H,3,17H2,1-2H3. The second kappa shape index (κ2) is 10.0. The molecule has 0 N–H and O–H groups in total. The summed E-state index contributed by atoms with van der Waals surface area (Å²) in [5.74, 6) is -0.606. The molecule has 3 aromatic carbocycles. The van der Waals surface area contributed by atoms with Crippen LogP contribution >= 0.6 is 11.8 Å². The zero-order valence-electron chi connectivity index (χ0n) is 18.4. The third-order valence-corrected chi connectivity index (χ3v) is 6.42. The van der Waals surface area contributed by atoms with Gasteiger partial charge in [-0.15, -0.1) is 0 Å². The third-order valence-electron chi connectivity index (χ3n) is 5.38. The highest BCUT2D eigenvalue weighted by Crippen LogP contribution is 2.27. The summed E-state index contributed by atoms with van der Waals surface area (Å²) in [5, 5.41) is 0.142. The summed E-state index contributed by atoms with van der Waals surface area (Å²) in [7, 11) is 0. The van der Waals surface area contributed by atoms with Crippen LogP contribution in [0.4, 0.5) is 4.39 Å². The quantitative estimate of drug-likeness (QED) is 0.285. The SMILES string of the molecule is CCN(Cc1ccccc1)C(=O)C(C)Sc1nc2ccccc2c(=O)n1-c1ccccc1F. The Bertz CT molecular complexity index is 1340. The number of carbonyl (C=O) groups is 1. The molecular weight excluding hydrogens is 437 g/mol. The molecule has 0 aliphatic rings. The molecule has 0 fully saturated rings. The van der Waals surface area contributed by atoms with Crippen molar-refractivity contribution >= 4 is 28.6 Å². The molecular formula is C26H24FN3O2S. The molecule has 1 aromatic heterocycles. The van der Waals surface area contributed by atoms with Crippen LogP contribution in [0.5, 0.6) is 0 Å². The first-order valence-electron chi connectivity index (χ1n) is 10.8. The molecule has 0 bridgehead atoms. The lowest BCUT2D eigenvalue weighted by molar-refractivity contribution is -0.130. The van der Waals surface area contributed by atoms with Crippen molar-refractivity contribution in [2.24, 2.45) is 0 Å². The average molecular weight is 462 g/mol. The molecule has 1 heterocycles. The monoisotopic (exact) mass is 461 g/mol. The van der Waals surface area contributed by atoms with Crippen molar-refractivity contribution in [3.8, 4) is 5.69 Å². The number of hydrogen-bond acceptors (Lipinski definition) is 4. The Morgan fingerprint density at radius 2 is 1.70 bits per heavy atom. The number of rotatable bonds is 7. The van der Waals surface area contributed by atoms with Crippen LogP contribution < -0.4 is 5.56 Å². The molecule has 0 aliphatic carbocycles. The molecule has 4 rings (SSSR count). The Hall–Kier alpha value is -3.45. The minimum absolute atomic E-state index is 0.0751. The largest absolute Gasteiger partial charge is 0.338 e. The lowest BCUT2D eigenvalue weighted by atomic mass is 10.2. The molecule has 1 amide bonds. The molecule has 0 spiro atoms.